The second-order valence-corrected chi connectivity index (χ2v) is 6.38. The van der Waals surface area contributed by atoms with Gasteiger partial charge in [0.25, 0.3) is 0 Å². The number of aliphatic hydroxyl groups is 1. The Bertz CT molecular complexity index is 732. The highest BCUT2D eigenvalue weighted by Crippen LogP contribution is 2.19. The van der Waals surface area contributed by atoms with Crippen LogP contribution in [0.15, 0.2) is 42.2 Å². The summed E-state index contributed by atoms with van der Waals surface area (Å²) in [4.78, 5) is 25.1. The van der Waals surface area contributed by atoms with E-state index in [0.29, 0.717) is 25.7 Å². The number of rotatable bonds is 10. The lowest BCUT2D eigenvalue weighted by Gasteiger charge is -2.34. The van der Waals surface area contributed by atoms with Crippen LogP contribution in [0.2, 0.25) is 0 Å². The van der Waals surface area contributed by atoms with Gasteiger partial charge in [-0.1, -0.05) is 49.6 Å². The van der Waals surface area contributed by atoms with Crippen molar-refractivity contribution in [2.24, 2.45) is 0 Å². The van der Waals surface area contributed by atoms with Gasteiger partial charge in [-0.05, 0) is 30.4 Å². The quantitative estimate of drug-likeness (QED) is 0.375. The summed E-state index contributed by atoms with van der Waals surface area (Å²) in [5, 5.41) is 19.7. The first-order valence-electron chi connectivity index (χ1n) is 9.10. The summed E-state index contributed by atoms with van der Waals surface area (Å²) in [5.74, 6) is 3.57. The number of carboxylic acids is 1. The first kappa shape index (κ1) is 20.5. The Hall–Kier alpha value is -2.78. The van der Waals surface area contributed by atoms with Gasteiger partial charge < -0.3 is 14.9 Å². The third-order valence-electron chi connectivity index (χ3n) is 4.25. The van der Waals surface area contributed by atoms with Crippen LogP contribution in [0.4, 0.5) is 0 Å². The SMILES string of the molecule is CCCCOC(C(=O)O)N1C(=O)C#CC[C@H]1C/C=C(\O)Cc1ccccc1. The fourth-order valence-electron chi connectivity index (χ4n) is 2.83. The smallest absolute Gasteiger partial charge is 0.354 e. The first-order chi connectivity index (χ1) is 13.0. The van der Waals surface area contributed by atoms with E-state index in [1.54, 1.807) is 6.08 Å². The number of carboxylic acid groups (broad SMARTS) is 1. The molecule has 1 aliphatic heterocycles. The van der Waals surface area contributed by atoms with Crippen LogP contribution in [0.1, 0.15) is 38.2 Å². The molecule has 0 spiro atoms. The van der Waals surface area contributed by atoms with Crippen LogP contribution in [-0.2, 0) is 20.7 Å². The maximum Gasteiger partial charge on any atom is 0.354 e. The normalized spacial score (nSPS) is 18.0. The summed E-state index contributed by atoms with van der Waals surface area (Å²) in [5.41, 5.74) is 0.967. The van der Waals surface area contributed by atoms with Gasteiger partial charge in [-0.2, -0.15) is 0 Å². The average Bonchev–Trinajstić information content (AvgIpc) is 2.65. The summed E-state index contributed by atoms with van der Waals surface area (Å²) >= 11 is 0. The maximum absolute atomic E-state index is 12.2. The van der Waals surface area contributed by atoms with Crippen molar-refractivity contribution in [1.29, 1.82) is 0 Å². The number of amides is 1. The van der Waals surface area contributed by atoms with Crippen LogP contribution in [-0.4, -0.2) is 45.9 Å². The van der Waals surface area contributed by atoms with Crippen LogP contribution < -0.4 is 0 Å². The van der Waals surface area contributed by atoms with Crippen molar-refractivity contribution in [3.63, 3.8) is 0 Å². The third-order valence-corrected chi connectivity index (χ3v) is 4.25. The Labute approximate surface area is 159 Å². The maximum atomic E-state index is 12.2. The lowest BCUT2D eigenvalue weighted by atomic mass is 10.0. The fourth-order valence-corrected chi connectivity index (χ4v) is 2.83. The molecule has 27 heavy (non-hydrogen) atoms. The summed E-state index contributed by atoms with van der Waals surface area (Å²) < 4.78 is 5.44. The molecular weight excluding hydrogens is 346 g/mol. The molecule has 6 heteroatoms. The van der Waals surface area contributed by atoms with Gasteiger partial charge in [0.1, 0.15) is 0 Å². The first-order valence-corrected chi connectivity index (χ1v) is 9.10. The van der Waals surface area contributed by atoms with Crippen molar-refractivity contribution < 1.29 is 24.5 Å². The van der Waals surface area contributed by atoms with Gasteiger partial charge in [0, 0.05) is 19.4 Å². The number of carbonyl (C=O) groups excluding carboxylic acids is 1. The Kier molecular flexibility index (Phi) is 7.90. The summed E-state index contributed by atoms with van der Waals surface area (Å²) in [7, 11) is 0. The second-order valence-electron chi connectivity index (χ2n) is 6.38. The van der Waals surface area contributed by atoms with Gasteiger partial charge in [-0.3, -0.25) is 9.69 Å². The van der Waals surface area contributed by atoms with E-state index in [1.165, 1.54) is 4.90 Å². The molecule has 2 N–H and O–H groups in total. The molecule has 1 aliphatic rings. The van der Waals surface area contributed by atoms with Gasteiger partial charge in [-0.15, -0.1) is 0 Å². The Morgan fingerprint density at radius 3 is 2.78 bits per heavy atom. The fraction of sp³-hybridized carbons (Fsp3) is 0.429. The van der Waals surface area contributed by atoms with E-state index in [0.717, 1.165) is 12.0 Å². The van der Waals surface area contributed by atoms with Crippen molar-refractivity contribution >= 4 is 11.9 Å². The highest BCUT2D eigenvalue weighted by atomic mass is 16.5. The predicted molar refractivity (Wildman–Crippen MR) is 101 cm³/mol. The van der Waals surface area contributed by atoms with Crippen molar-refractivity contribution in [3.8, 4) is 11.8 Å². The minimum Gasteiger partial charge on any atom is -0.512 e. The molecular formula is C21H25NO5. The monoisotopic (exact) mass is 371 g/mol. The molecule has 2 atom stereocenters. The number of benzene rings is 1. The van der Waals surface area contributed by atoms with Crippen LogP contribution in [0, 0.1) is 11.8 Å². The molecule has 1 heterocycles. The van der Waals surface area contributed by atoms with E-state index in [1.807, 2.05) is 37.3 Å². The van der Waals surface area contributed by atoms with Crippen LogP contribution >= 0.6 is 0 Å². The highest BCUT2D eigenvalue weighted by Gasteiger charge is 2.36. The van der Waals surface area contributed by atoms with Crippen LogP contribution in [0.5, 0.6) is 0 Å². The van der Waals surface area contributed by atoms with Gasteiger partial charge in [0.2, 0.25) is 6.23 Å². The number of unbranched alkanes of at least 4 members (excludes halogenated alkanes) is 1. The summed E-state index contributed by atoms with van der Waals surface area (Å²) in [6, 6.07) is 9.05. The number of carbonyl (C=O) groups is 2. The van der Waals surface area contributed by atoms with E-state index in [9.17, 15) is 19.8 Å². The predicted octanol–water partition coefficient (Wildman–Crippen LogP) is 2.89. The molecule has 144 valence electrons. The molecule has 0 bridgehead atoms. The number of nitrogens with zero attached hydrogens (tertiary/aromatic N) is 1. The lowest BCUT2D eigenvalue weighted by Crippen LogP contribution is -2.52. The van der Waals surface area contributed by atoms with Gasteiger partial charge in [0.15, 0.2) is 0 Å². The van der Waals surface area contributed by atoms with E-state index < -0.39 is 24.1 Å². The van der Waals surface area contributed by atoms with Gasteiger partial charge in [0.05, 0.1) is 11.8 Å². The largest absolute Gasteiger partial charge is 0.512 e. The van der Waals surface area contributed by atoms with Crippen molar-refractivity contribution in [2.45, 2.75) is 51.3 Å². The topological polar surface area (TPSA) is 87.1 Å². The molecule has 0 saturated heterocycles. The van der Waals surface area contributed by atoms with Crippen molar-refractivity contribution in [1.82, 2.24) is 4.90 Å². The summed E-state index contributed by atoms with van der Waals surface area (Å²) in [6.45, 7) is 2.23. The van der Waals surface area contributed by atoms with Crippen molar-refractivity contribution in [3.05, 3.63) is 47.7 Å². The molecule has 0 saturated carbocycles. The Morgan fingerprint density at radius 2 is 2.11 bits per heavy atom. The minimum absolute atomic E-state index is 0.172. The van der Waals surface area contributed by atoms with E-state index in [2.05, 4.69) is 11.8 Å². The lowest BCUT2D eigenvalue weighted by molar-refractivity contribution is -0.174. The molecule has 0 radical (unpaired) electrons. The molecule has 1 amide bonds. The van der Waals surface area contributed by atoms with E-state index in [4.69, 9.17) is 4.74 Å². The van der Waals surface area contributed by atoms with Crippen molar-refractivity contribution in [2.75, 3.05) is 6.61 Å². The van der Waals surface area contributed by atoms with Gasteiger partial charge >= 0.3 is 11.9 Å². The third kappa shape index (κ3) is 6.15. The average molecular weight is 371 g/mol. The van der Waals surface area contributed by atoms with Crippen LogP contribution in [0.3, 0.4) is 0 Å². The molecule has 1 unspecified atom stereocenters. The summed E-state index contributed by atoms with van der Waals surface area (Å²) in [6.07, 6.45) is 2.84. The molecule has 1 aromatic carbocycles. The van der Waals surface area contributed by atoms with E-state index in [-0.39, 0.29) is 12.4 Å². The number of aliphatic hydroxyl groups excluding tert-OH is 1. The zero-order chi connectivity index (χ0) is 19.6. The molecule has 1 aromatic rings. The molecule has 2 rings (SSSR count). The standard InChI is InChI=1S/C21H25NO5/c1-2-3-14-27-20(21(25)26)22-17(10-7-11-19(22)24)12-13-18(23)15-16-8-5-4-6-9-16/h4-6,8-9,13,17,20,23H,2-3,10,12,14-15H2,1H3,(H,25,26)/b18-13-/t17-,20?/m0/s1. The zero-order valence-electron chi connectivity index (χ0n) is 15.4. The number of hydrogen-bond donors (Lipinski definition) is 2. The van der Waals surface area contributed by atoms with E-state index >= 15 is 0 Å². The van der Waals surface area contributed by atoms with Crippen LogP contribution in [0.25, 0.3) is 0 Å². The Balaban J connectivity index is 2.08. The molecule has 6 nitrogen and oxygen atoms in total. The van der Waals surface area contributed by atoms with Gasteiger partial charge in [-0.25, -0.2) is 4.79 Å². The number of allylic oxidation sites excluding steroid dienone is 1. The second kappa shape index (κ2) is 10.4. The minimum atomic E-state index is -1.37. The molecule has 0 fully saturated rings. The number of hydrogen-bond acceptors (Lipinski definition) is 4. The Morgan fingerprint density at radius 1 is 1.37 bits per heavy atom. The molecule has 0 aromatic heterocycles. The molecule has 0 aliphatic carbocycles. The number of ether oxygens (including phenoxy) is 1. The zero-order valence-corrected chi connectivity index (χ0v) is 15.4. The highest BCUT2D eigenvalue weighted by molar-refractivity contribution is 5.96. The number of aliphatic carboxylic acids is 1.